The van der Waals surface area contributed by atoms with Crippen LogP contribution in [0.3, 0.4) is 0 Å². The predicted octanol–water partition coefficient (Wildman–Crippen LogP) is -0.216. The van der Waals surface area contributed by atoms with Gasteiger partial charge in [0.1, 0.15) is 4.90 Å². The van der Waals surface area contributed by atoms with Gasteiger partial charge < -0.3 is 10.8 Å². The highest BCUT2D eigenvalue weighted by molar-refractivity contribution is 7.89. The maximum Gasteiger partial charge on any atom is 0.248 e. The molecule has 0 aliphatic carbocycles. The maximum atomic E-state index is 12.4. The molecule has 7 nitrogen and oxygen atoms in total. The van der Waals surface area contributed by atoms with Crippen LogP contribution in [-0.4, -0.2) is 46.3 Å². The van der Waals surface area contributed by atoms with Crippen LogP contribution in [0, 0.1) is 0 Å². The monoisotopic (exact) mass is 276 g/mol. The molecule has 1 aromatic rings. The average molecular weight is 276 g/mol. The van der Waals surface area contributed by atoms with Crippen LogP contribution in [0.1, 0.15) is 20.8 Å². The van der Waals surface area contributed by atoms with E-state index in [1.807, 2.05) is 0 Å². The summed E-state index contributed by atoms with van der Waals surface area (Å²) in [6.07, 6.45) is 1.36. The van der Waals surface area contributed by atoms with Crippen LogP contribution in [0.4, 0.5) is 5.82 Å². The standard InChI is InChI=1S/C10H20N4O3S/c1-5-14(7-10(2,3)15)18(16,17)8-6-13(4)12-9(8)11/h6,15H,5,7H2,1-4H3,(H2,11,12). The molecule has 1 aromatic heterocycles. The molecule has 0 aliphatic rings. The summed E-state index contributed by atoms with van der Waals surface area (Å²) in [6, 6.07) is 0. The minimum absolute atomic E-state index is 0.000166. The first-order valence-electron chi connectivity index (χ1n) is 5.59. The zero-order chi connectivity index (χ0) is 14.1. The predicted molar refractivity (Wildman–Crippen MR) is 68.4 cm³/mol. The summed E-state index contributed by atoms with van der Waals surface area (Å²) >= 11 is 0. The Morgan fingerprint density at radius 2 is 2.11 bits per heavy atom. The number of anilines is 1. The van der Waals surface area contributed by atoms with Crippen molar-refractivity contribution in [2.24, 2.45) is 7.05 Å². The molecule has 0 atom stereocenters. The van der Waals surface area contributed by atoms with Crippen LogP contribution < -0.4 is 5.73 Å². The fraction of sp³-hybridized carbons (Fsp3) is 0.700. The van der Waals surface area contributed by atoms with Crippen molar-refractivity contribution in [3.05, 3.63) is 6.20 Å². The first-order valence-corrected chi connectivity index (χ1v) is 7.03. The van der Waals surface area contributed by atoms with Gasteiger partial charge in [-0.15, -0.1) is 0 Å². The van der Waals surface area contributed by atoms with Crippen molar-refractivity contribution < 1.29 is 13.5 Å². The maximum absolute atomic E-state index is 12.4. The summed E-state index contributed by atoms with van der Waals surface area (Å²) in [4.78, 5) is -0.0314. The van der Waals surface area contributed by atoms with Gasteiger partial charge in [-0.1, -0.05) is 6.92 Å². The van der Waals surface area contributed by atoms with E-state index in [1.54, 1.807) is 27.8 Å². The average Bonchev–Trinajstić information content (AvgIpc) is 2.53. The smallest absolute Gasteiger partial charge is 0.248 e. The van der Waals surface area contributed by atoms with E-state index in [4.69, 9.17) is 5.73 Å². The lowest BCUT2D eigenvalue weighted by Gasteiger charge is -2.26. The number of nitrogens with zero attached hydrogens (tertiary/aromatic N) is 3. The third-order valence-corrected chi connectivity index (χ3v) is 4.29. The minimum atomic E-state index is -3.73. The molecule has 18 heavy (non-hydrogen) atoms. The van der Waals surface area contributed by atoms with Crippen molar-refractivity contribution in [3.8, 4) is 0 Å². The van der Waals surface area contributed by atoms with E-state index in [0.717, 1.165) is 0 Å². The van der Waals surface area contributed by atoms with Crippen LogP contribution in [0.25, 0.3) is 0 Å². The van der Waals surface area contributed by atoms with Crippen LogP contribution in [-0.2, 0) is 17.1 Å². The summed E-state index contributed by atoms with van der Waals surface area (Å²) in [6.45, 7) is 5.06. The van der Waals surface area contributed by atoms with Crippen LogP contribution in [0.15, 0.2) is 11.1 Å². The number of hydrogen-bond donors (Lipinski definition) is 2. The second kappa shape index (κ2) is 4.87. The molecular weight excluding hydrogens is 256 g/mol. The summed E-state index contributed by atoms with van der Waals surface area (Å²) in [7, 11) is -2.13. The number of aryl methyl sites for hydroxylation is 1. The third kappa shape index (κ3) is 3.21. The molecule has 0 radical (unpaired) electrons. The lowest BCUT2D eigenvalue weighted by Crippen LogP contribution is -2.42. The molecule has 1 rings (SSSR count). The lowest BCUT2D eigenvalue weighted by molar-refractivity contribution is 0.0601. The lowest BCUT2D eigenvalue weighted by atomic mass is 10.1. The number of rotatable bonds is 5. The largest absolute Gasteiger partial charge is 0.389 e. The molecule has 0 aromatic carbocycles. The summed E-state index contributed by atoms with van der Waals surface area (Å²) in [5, 5.41) is 13.6. The number of nitrogens with two attached hydrogens (primary N) is 1. The number of hydrogen-bond acceptors (Lipinski definition) is 5. The minimum Gasteiger partial charge on any atom is -0.389 e. The van der Waals surface area contributed by atoms with Crippen molar-refractivity contribution in [2.75, 3.05) is 18.8 Å². The zero-order valence-electron chi connectivity index (χ0n) is 11.1. The van der Waals surface area contributed by atoms with Gasteiger partial charge in [0.15, 0.2) is 5.82 Å². The zero-order valence-corrected chi connectivity index (χ0v) is 11.9. The van der Waals surface area contributed by atoms with Gasteiger partial charge in [-0.3, -0.25) is 4.68 Å². The normalized spacial score (nSPS) is 13.2. The van der Waals surface area contributed by atoms with E-state index in [1.165, 1.54) is 15.2 Å². The van der Waals surface area contributed by atoms with Gasteiger partial charge in [-0.25, -0.2) is 8.42 Å². The Morgan fingerprint density at radius 3 is 2.44 bits per heavy atom. The Labute approximate surface area is 107 Å². The van der Waals surface area contributed by atoms with Crippen molar-refractivity contribution >= 4 is 15.8 Å². The molecule has 0 amide bonds. The van der Waals surface area contributed by atoms with E-state index >= 15 is 0 Å². The summed E-state index contributed by atoms with van der Waals surface area (Å²) in [5.41, 5.74) is 4.47. The Kier molecular flexibility index (Phi) is 4.04. The third-order valence-electron chi connectivity index (χ3n) is 2.36. The fourth-order valence-corrected chi connectivity index (χ4v) is 3.31. The molecule has 0 fully saturated rings. The molecule has 0 saturated carbocycles. The number of likely N-dealkylation sites (N-methyl/N-ethyl adjacent to an activating group) is 1. The quantitative estimate of drug-likeness (QED) is 0.774. The molecule has 3 N–H and O–H groups in total. The molecule has 0 aliphatic heterocycles. The molecule has 0 saturated heterocycles. The van der Waals surface area contributed by atoms with Gasteiger partial charge >= 0.3 is 0 Å². The van der Waals surface area contributed by atoms with Gasteiger partial charge in [0.2, 0.25) is 10.0 Å². The Hall–Kier alpha value is -1.12. The van der Waals surface area contributed by atoms with Gasteiger partial charge in [0, 0.05) is 26.3 Å². The first kappa shape index (κ1) is 14.9. The second-order valence-corrected chi connectivity index (χ2v) is 6.70. The van der Waals surface area contributed by atoms with E-state index in [-0.39, 0.29) is 23.8 Å². The van der Waals surface area contributed by atoms with Gasteiger partial charge in [0.25, 0.3) is 0 Å². The SMILES string of the molecule is CCN(CC(C)(C)O)S(=O)(=O)c1cn(C)nc1N. The van der Waals surface area contributed by atoms with Gasteiger partial charge in [-0.05, 0) is 13.8 Å². The molecule has 0 unspecified atom stereocenters. The first-order chi connectivity index (χ1) is 8.08. The number of sulfonamides is 1. The van der Waals surface area contributed by atoms with Crippen LogP contribution in [0.5, 0.6) is 0 Å². The highest BCUT2D eigenvalue weighted by Gasteiger charge is 2.31. The van der Waals surface area contributed by atoms with Crippen molar-refractivity contribution in [3.63, 3.8) is 0 Å². The Morgan fingerprint density at radius 1 is 1.56 bits per heavy atom. The van der Waals surface area contributed by atoms with Gasteiger partial charge in [-0.2, -0.15) is 9.40 Å². The number of aliphatic hydroxyl groups is 1. The van der Waals surface area contributed by atoms with E-state index in [0.29, 0.717) is 0 Å². The molecule has 8 heteroatoms. The fourth-order valence-electron chi connectivity index (χ4n) is 1.62. The van der Waals surface area contributed by atoms with Gasteiger partial charge in [0.05, 0.1) is 5.60 Å². The summed E-state index contributed by atoms with van der Waals surface area (Å²) in [5.74, 6) is -0.0355. The van der Waals surface area contributed by atoms with E-state index in [2.05, 4.69) is 5.10 Å². The van der Waals surface area contributed by atoms with Crippen LogP contribution >= 0.6 is 0 Å². The number of aromatic nitrogens is 2. The Bertz CT molecular complexity index is 516. The van der Waals surface area contributed by atoms with Crippen molar-refractivity contribution in [2.45, 2.75) is 31.3 Å². The summed E-state index contributed by atoms with van der Waals surface area (Å²) < 4.78 is 27.2. The second-order valence-electron chi connectivity index (χ2n) is 4.80. The molecule has 104 valence electrons. The van der Waals surface area contributed by atoms with Crippen molar-refractivity contribution in [1.29, 1.82) is 0 Å². The molecule has 0 bridgehead atoms. The molecule has 1 heterocycles. The van der Waals surface area contributed by atoms with Crippen LogP contribution in [0.2, 0.25) is 0 Å². The molecular formula is C10H20N4O3S. The Balaban J connectivity index is 3.15. The molecule has 0 spiro atoms. The topological polar surface area (TPSA) is 101 Å². The van der Waals surface area contributed by atoms with Crippen molar-refractivity contribution in [1.82, 2.24) is 14.1 Å². The number of nitrogen functional groups attached to an aromatic ring is 1. The highest BCUT2D eigenvalue weighted by atomic mass is 32.2. The van der Waals surface area contributed by atoms with E-state index in [9.17, 15) is 13.5 Å². The van der Waals surface area contributed by atoms with E-state index < -0.39 is 15.6 Å². The highest BCUT2D eigenvalue weighted by Crippen LogP contribution is 2.22.